The number of rotatable bonds is 8. The van der Waals surface area contributed by atoms with Gasteiger partial charge in [0.25, 0.3) is 10.0 Å². The predicted octanol–water partition coefficient (Wildman–Crippen LogP) is 2.45. The van der Waals surface area contributed by atoms with E-state index in [1.165, 1.54) is 23.5 Å². The number of hydrogen-bond donors (Lipinski definition) is 2. The molecule has 0 saturated carbocycles. The molecule has 0 fully saturated rings. The van der Waals surface area contributed by atoms with E-state index in [0.29, 0.717) is 17.9 Å². The Morgan fingerprint density at radius 1 is 1.08 bits per heavy atom. The summed E-state index contributed by atoms with van der Waals surface area (Å²) in [7, 11) is -2.16. The molecule has 0 aliphatic rings. The Hall–Kier alpha value is -2.54. The fourth-order valence-corrected chi connectivity index (χ4v) is 3.45. The molecule has 0 heterocycles. The van der Waals surface area contributed by atoms with E-state index in [1.54, 1.807) is 36.4 Å². The van der Waals surface area contributed by atoms with Crippen LogP contribution >= 0.6 is 0 Å². The van der Waals surface area contributed by atoms with Crippen molar-refractivity contribution >= 4 is 27.3 Å². The molecular formula is C18H23N3O3S. The second-order valence-corrected chi connectivity index (χ2v) is 7.51. The van der Waals surface area contributed by atoms with E-state index in [9.17, 15) is 13.2 Å². The molecule has 134 valence electrons. The second kappa shape index (κ2) is 8.53. The van der Waals surface area contributed by atoms with E-state index < -0.39 is 10.0 Å². The van der Waals surface area contributed by atoms with Gasteiger partial charge in [0.05, 0.1) is 17.1 Å². The molecule has 0 aromatic heterocycles. The fourth-order valence-electron chi connectivity index (χ4n) is 2.21. The number of sulfonamides is 1. The summed E-state index contributed by atoms with van der Waals surface area (Å²) in [6.07, 6.45) is 0.866. The van der Waals surface area contributed by atoms with Crippen LogP contribution in [0.2, 0.25) is 0 Å². The van der Waals surface area contributed by atoms with Crippen LogP contribution in [0.25, 0.3) is 0 Å². The topological polar surface area (TPSA) is 78.5 Å². The summed E-state index contributed by atoms with van der Waals surface area (Å²) in [5.41, 5.74) is 1.16. The van der Waals surface area contributed by atoms with Gasteiger partial charge in [0, 0.05) is 19.3 Å². The number of amides is 1. The third-order valence-electron chi connectivity index (χ3n) is 3.64. The smallest absolute Gasteiger partial charge is 0.264 e. The van der Waals surface area contributed by atoms with Gasteiger partial charge >= 0.3 is 0 Å². The van der Waals surface area contributed by atoms with Crippen LogP contribution in [-0.2, 0) is 14.8 Å². The lowest BCUT2D eigenvalue weighted by Crippen LogP contribution is -2.30. The third-order valence-corrected chi connectivity index (χ3v) is 5.42. The first-order valence-corrected chi connectivity index (χ1v) is 9.53. The van der Waals surface area contributed by atoms with E-state index in [1.807, 2.05) is 13.0 Å². The Bertz CT molecular complexity index is 807. The summed E-state index contributed by atoms with van der Waals surface area (Å²) in [5.74, 6) is -0.128. The molecule has 0 radical (unpaired) electrons. The van der Waals surface area contributed by atoms with E-state index in [0.717, 1.165) is 6.42 Å². The zero-order chi connectivity index (χ0) is 18.3. The normalized spacial score (nSPS) is 11.0. The Labute approximate surface area is 148 Å². The predicted molar refractivity (Wildman–Crippen MR) is 100 cm³/mol. The average Bonchev–Trinajstić information content (AvgIpc) is 2.65. The number of benzene rings is 2. The van der Waals surface area contributed by atoms with Crippen molar-refractivity contribution in [3.8, 4) is 0 Å². The van der Waals surface area contributed by atoms with Crippen LogP contribution in [0.15, 0.2) is 59.5 Å². The Kier molecular flexibility index (Phi) is 6.41. The maximum absolute atomic E-state index is 12.8. The molecule has 25 heavy (non-hydrogen) atoms. The van der Waals surface area contributed by atoms with E-state index in [4.69, 9.17) is 0 Å². The summed E-state index contributed by atoms with van der Waals surface area (Å²) >= 11 is 0. The lowest BCUT2D eigenvalue weighted by Gasteiger charge is -2.20. The van der Waals surface area contributed by atoms with E-state index in [-0.39, 0.29) is 17.3 Å². The molecular weight excluding hydrogens is 338 g/mol. The van der Waals surface area contributed by atoms with Crippen molar-refractivity contribution in [2.45, 2.75) is 18.2 Å². The Morgan fingerprint density at radius 2 is 1.80 bits per heavy atom. The van der Waals surface area contributed by atoms with Gasteiger partial charge < -0.3 is 10.6 Å². The van der Waals surface area contributed by atoms with Gasteiger partial charge in [0.1, 0.15) is 0 Å². The lowest BCUT2D eigenvalue weighted by atomic mass is 10.3. The molecule has 2 rings (SSSR count). The largest absolute Gasteiger partial charge is 0.376 e. The first-order valence-electron chi connectivity index (χ1n) is 8.09. The minimum Gasteiger partial charge on any atom is -0.376 e. The van der Waals surface area contributed by atoms with E-state index >= 15 is 0 Å². The molecule has 7 heteroatoms. The SMILES string of the molecule is CCCNC(=O)CNc1cccc(S(=O)(=O)N(C)c2ccccc2)c1. The number of nitrogens with zero attached hydrogens (tertiary/aromatic N) is 1. The maximum atomic E-state index is 12.8. The number of hydrogen-bond acceptors (Lipinski definition) is 4. The highest BCUT2D eigenvalue weighted by Gasteiger charge is 2.21. The maximum Gasteiger partial charge on any atom is 0.264 e. The van der Waals surface area contributed by atoms with Crippen molar-refractivity contribution < 1.29 is 13.2 Å². The summed E-state index contributed by atoms with van der Waals surface area (Å²) in [5, 5.41) is 5.71. The third kappa shape index (κ3) is 4.96. The molecule has 0 spiro atoms. The zero-order valence-electron chi connectivity index (χ0n) is 14.4. The van der Waals surface area contributed by atoms with E-state index in [2.05, 4.69) is 10.6 Å². The van der Waals surface area contributed by atoms with Crippen LogP contribution in [0.1, 0.15) is 13.3 Å². The number of carbonyl (C=O) groups excluding carboxylic acids is 1. The van der Waals surface area contributed by atoms with Gasteiger partial charge in [0.2, 0.25) is 5.91 Å². The summed E-state index contributed by atoms with van der Waals surface area (Å²) < 4.78 is 26.8. The highest BCUT2D eigenvalue weighted by Crippen LogP contribution is 2.23. The molecule has 0 aliphatic heterocycles. The Morgan fingerprint density at radius 3 is 2.48 bits per heavy atom. The summed E-state index contributed by atoms with van der Waals surface area (Å²) in [6.45, 7) is 2.69. The Balaban J connectivity index is 2.13. The van der Waals surface area contributed by atoms with Gasteiger partial charge in [-0.25, -0.2) is 8.42 Å². The van der Waals surface area contributed by atoms with Crippen LogP contribution in [0, 0.1) is 0 Å². The van der Waals surface area contributed by atoms with Crippen molar-refractivity contribution in [1.82, 2.24) is 5.32 Å². The molecule has 2 aromatic rings. The lowest BCUT2D eigenvalue weighted by molar-refractivity contribution is -0.119. The van der Waals surface area contributed by atoms with Crippen molar-refractivity contribution in [2.75, 3.05) is 29.8 Å². The first-order chi connectivity index (χ1) is 11.9. The molecule has 1 amide bonds. The number of carbonyl (C=O) groups is 1. The minimum atomic E-state index is -3.67. The van der Waals surface area contributed by atoms with Gasteiger partial charge in [0.15, 0.2) is 0 Å². The van der Waals surface area contributed by atoms with Gasteiger partial charge in [-0.15, -0.1) is 0 Å². The zero-order valence-corrected chi connectivity index (χ0v) is 15.2. The second-order valence-electron chi connectivity index (χ2n) is 5.54. The monoisotopic (exact) mass is 361 g/mol. The van der Waals surface area contributed by atoms with Crippen molar-refractivity contribution in [3.63, 3.8) is 0 Å². The standard InChI is InChI=1S/C18H23N3O3S/c1-3-12-19-18(22)14-20-15-8-7-11-17(13-15)25(23,24)21(2)16-9-5-4-6-10-16/h4-11,13,20H,3,12,14H2,1-2H3,(H,19,22). The number of nitrogens with one attached hydrogen (secondary N) is 2. The number of anilines is 2. The average molecular weight is 361 g/mol. The molecule has 6 nitrogen and oxygen atoms in total. The highest BCUT2D eigenvalue weighted by atomic mass is 32.2. The van der Waals surface area contributed by atoms with Crippen molar-refractivity contribution in [3.05, 3.63) is 54.6 Å². The first kappa shape index (κ1) is 18.8. The molecule has 0 aliphatic carbocycles. The molecule has 2 N–H and O–H groups in total. The van der Waals surface area contributed by atoms with Crippen molar-refractivity contribution in [1.29, 1.82) is 0 Å². The highest BCUT2D eigenvalue weighted by molar-refractivity contribution is 7.92. The molecule has 0 unspecified atom stereocenters. The fraction of sp³-hybridized carbons (Fsp3) is 0.278. The van der Waals surface area contributed by atoms with Crippen LogP contribution in [0.5, 0.6) is 0 Å². The molecule has 2 aromatic carbocycles. The molecule has 0 bridgehead atoms. The van der Waals surface area contributed by atoms with Gasteiger partial charge in [-0.3, -0.25) is 9.10 Å². The van der Waals surface area contributed by atoms with Crippen LogP contribution in [0.3, 0.4) is 0 Å². The van der Waals surface area contributed by atoms with Crippen molar-refractivity contribution in [2.24, 2.45) is 0 Å². The quantitative estimate of drug-likeness (QED) is 0.757. The molecule has 0 saturated heterocycles. The summed E-state index contributed by atoms with van der Waals surface area (Å²) in [6, 6.07) is 15.3. The summed E-state index contributed by atoms with van der Waals surface area (Å²) in [4.78, 5) is 11.8. The molecule has 0 atom stereocenters. The van der Waals surface area contributed by atoms with Gasteiger partial charge in [-0.2, -0.15) is 0 Å². The van der Waals surface area contributed by atoms with Crippen LogP contribution in [0.4, 0.5) is 11.4 Å². The number of para-hydroxylation sites is 1. The van der Waals surface area contributed by atoms with Gasteiger partial charge in [-0.05, 0) is 36.8 Å². The minimum absolute atomic E-state index is 0.0953. The van der Waals surface area contributed by atoms with Crippen LogP contribution in [-0.4, -0.2) is 34.5 Å². The van der Waals surface area contributed by atoms with Gasteiger partial charge in [-0.1, -0.05) is 31.2 Å². The van der Waals surface area contributed by atoms with Crippen LogP contribution < -0.4 is 14.9 Å².